The van der Waals surface area contributed by atoms with Crippen molar-refractivity contribution in [2.45, 2.75) is 64.0 Å². The van der Waals surface area contributed by atoms with Crippen LogP contribution in [0.2, 0.25) is 18.1 Å². The molecule has 0 saturated carbocycles. The second-order valence-corrected chi connectivity index (χ2v) is 10.8. The molecule has 2 atom stereocenters. The van der Waals surface area contributed by atoms with Gasteiger partial charge in [-0.2, -0.15) is 0 Å². The lowest BCUT2D eigenvalue weighted by molar-refractivity contribution is -0.145. The summed E-state index contributed by atoms with van der Waals surface area (Å²) in [5.74, 6) is -0.235. The minimum absolute atomic E-state index is 0.0386. The van der Waals surface area contributed by atoms with Crippen LogP contribution in [0.4, 0.5) is 0 Å². The molecule has 0 unspecified atom stereocenters. The van der Waals surface area contributed by atoms with Crippen LogP contribution in [0.15, 0.2) is 0 Å². The van der Waals surface area contributed by atoms with Gasteiger partial charge in [0, 0.05) is 6.42 Å². The summed E-state index contributed by atoms with van der Waals surface area (Å²) in [6.45, 7) is 10.5. The van der Waals surface area contributed by atoms with E-state index in [0.29, 0.717) is 12.8 Å². The zero-order chi connectivity index (χ0) is 13.3. The van der Waals surface area contributed by atoms with Crippen LogP contribution >= 0.6 is 0 Å². The van der Waals surface area contributed by atoms with Gasteiger partial charge in [-0.3, -0.25) is 4.79 Å². The largest absolute Gasteiger partial charge is 0.459 e. The zero-order valence-corrected chi connectivity index (χ0v) is 12.3. The average Bonchev–Trinajstić information content (AvgIpc) is 2.59. The Morgan fingerprint density at radius 1 is 1.47 bits per heavy atom. The summed E-state index contributed by atoms with van der Waals surface area (Å²) in [6.07, 6.45) is 0.729. The summed E-state index contributed by atoms with van der Waals surface area (Å²) in [7, 11) is -2.00. The van der Waals surface area contributed by atoms with Crippen LogP contribution in [-0.4, -0.2) is 32.8 Å². The van der Waals surface area contributed by atoms with Gasteiger partial charge in [0.25, 0.3) is 0 Å². The van der Waals surface area contributed by atoms with Gasteiger partial charge >= 0.3 is 5.97 Å². The normalized spacial score (nSPS) is 23.4. The number of hydrogen-bond donors (Lipinski definition) is 0. The molecule has 0 aromatic rings. The van der Waals surface area contributed by atoms with Crippen molar-refractivity contribution < 1.29 is 18.8 Å². The van der Waals surface area contributed by atoms with Crippen molar-refractivity contribution >= 4 is 20.6 Å². The highest BCUT2D eigenvalue weighted by molar-refractivity contribution is 6.74. The number of ether oxygens (including phenoxy) is 1. The summed E-state index contributed by atoms with van der Waals surface area (Å²) in [5, 5.41) is 0.0386. The highest BCUT2D eigenvalue weighted by Crippen LogP contribution is 2.38. The Morgan fingerprint density at radius 2 is 2.06 bits per heavy atom. The number of aldehydes is 1. The van der Waals surface area contributed by atoms with Crippen LogP contribution in [0.3, 0.4) is 0 Å². The van der Waals surface area contributed by atoms with E-state index in [1.807, 2.05) is 0 Å². The maximum Gasteiger partial charge on any atom is 0.306 e. The SMILES string of the molecule is CC(C)(C)[Si](C)(C)O[C@H](C=O)[C@@H]1CCC(=O)O1. The molecule has 0 aromatic carbocycles. The molecule has 1 fully saturated rings. The molecule has 1 aliphatic heterocycles. The average molecular weight is 258 g/mol. The number of hydrogen-bond acceptors (Lipinski definition) is 4. The van der Waals surface area contributed by atoms with Crippen LogP contribution < -0.4 is 0 Å². The molecule has 5 heteroatoms. The predicted molar refractivity (Wildman–Crippen MR) is 67.2 cm³/mol. The fraction of sp³-hybridized carbons (Fsp3) is 0.833. The molecule has 0 spiro atoms. The van der Waals surface area contributed by atoms with Gasteiger partial charge in [-0.15, -0.1) is 0 Å². The fourth-order valence-electron chi connectivity index (χ4n) is 1.49. The van der Waals surface area contributed by atoms with Gasteiger partial charge in [0.15, 0.2) is 14.6 Å². The third kappa shape index (κ3) is 3.39. The minimum atomic E-state index is -2.00. The van der Waals surface area contributed by atoms with Crippen molar-refractivity contribution in [3.63, 3.8) is 0 Å². The van der Waals surface area contributed by atoms with Crippen molar-refractivity contribution in [3.8, 4) is 0 Å². The van der Waals surface area contributed by atoms with E-state index < -0.39 is 20.5 Å². The van der Waals surface area contributed by atoms with E-state index in [4.69, 9.17) is 9.16 Å². The molecular weight excluding hydrogens is 236 g/mol. The summed E-state index contributed by atoms with van der Waals surface area (Å²) in [4.78, 5) is 22.2. The van der Waals surface area contributed by atoms with E-state index in [1.165, 1.54) is 0 Å². The minimum Gasteiger partial charge on any atom is -0.459 e. The van der Waals surface area contributed by atoms with E-state index in [2.05, 4.69) is 33.9 Å². The molecular formula is C12H22O4Si. The van der Waals surface area contributed by atoms with E-state index in [-0.39, 0.29) is 11.0 Å². The summed E-state index contributed by atoms with van der Waals surface area (Å²) in [5.41, 5.74) is 0. The molecule has 98 valence electrons. The fourth-order valence-corrected chi connectivity index (χ4v) is 2.73. The Balaban J connectivity index is 2.70. The third-order valence-corrected chi connectivity index (χ3v) is 8.13. The highest BCUT2D eigenvalue weighted by Gasteiger charge is 2.42. The number of rotatable bonds is 4. The number of cyclic esters (lactones) is 1. The van der Waals surface area contributed by atoms with Crippen LogP contribution in [0.25, 0.3) is 0 Å². The zero-order valence-electron chi connectivity index (χ0n) is 11.3. The molecule has 1 aliphatic rings. The van der Waals surface area contributed by atoms with Crippen molar-refractivity contribution in [1.82, 2.24) is 0 Å². The molecule has 17 heavy (non-hydrogen) atoms. The first-order valence-corrected chi connectivity index (χ1v) is 8.91. The second-order valence-electron chi connectivity index (χ2n) is 6.05. The van der Waals surface area contributed by atoms with E-state index in [1.54, 1.807) is 0 Å². The monoisotopic (exact) mass is 258 g/mol. The summed E-state index contributed by atoms with van der Waals surface area (Å²) in [6, 6.07) is 0. The molecule has 0 aromatic heterocycles. The lowest BCUT2D eigenvalue weighted by Gasteiger charge is -2.38. The summed E-state index contributed by atoms with van der Waals surface area (Å²) < 4.78 is 11.1. The van der Waals surface area contributed by atoms with E-state index in [0.717, 1.165) is 6.29 Å². The number of carbonyl (C=O) groups excluding carboxylic acids is 2. The predicted octanol–water partition coefficient (Wildman–Crippen LogP) is 2.28. The highest BCUT2D eigenvalue weighted by atomic mass is 28.4. The van der Waals surface area contributed by atoms with Crippen molar-refractivity contribution in [2.24, 2.45) is 0 Å². The first-order valence-electron chi connectivity index (χ1n) is 6.00. The maximum atomic E-state index is 11.1. The van der Waals surface area contributed by atoms with Gasteiger partial charge in [0.1, 0.15) is 12.2 Å². The third-order valence-electron chi connectivity index (χ3n) is 3.65. The molecule has 0 radical (unpaired) electrons. The molecule has 0 aliphatic carbocycles. The maximum absolute atomic E-state index is 11.1. The first-order chi connectivity index (χ1) is 7.67. The Kier molecular flexibility index (Phi) is 4.14. The second kappa shape index (κ2) is 4.90. The van der Waals surface area contributed by atoms with Crippen LogP contribution in [0.1, 0.15) is 33.6 Å². The smallest absolute Gasteiger partial charge is 0.306 e. The Labute approximate surface area is 104 Å². The molecule has 0 bridgehead atoms. The number of esters is 1. The molecule has 1 saturated heterocycles. The Hall–Kier alpha value is -0.683. The van der Waals surface area contributed by atoms with Crippen LogP contribution in [0, 0.1) is 0 Å². The van der Waals surface area contributed by atoms with Gasteiger partial charge in [-0.05, 0) is 24.6 Å². The molecule has 4 nitrogen and oxygen atoms in total. The lowest BCUT2D eigenvalue weighted by atomic mass is 10.1. The van der Waals surface area contributed by atoms with E-state index >= 15 is 0 Å². The molecule has 0 N–H and O–H groups in total. The molecule has 0 amide bonds. The van der Waals surface area contributed by atoms with E-state index in [9.17, 15) is 9.59 Å². The Bertz CT molecular complexity index is 306. The van der Waals surface area contributed by atoms with Crippen molar-refractivity contribution in [3.05, 3.63) is 0 Å². The summed E-state index contributed by atoms with van der Waals surface area (Å²) >= 11 is 0. The van der Waals surface area contributed by atoms with Crippen LogP contribution in [0.5, 0.6) is 0 Å². The lowest BCUT2D eigenvalue weighted by Crippen LogP contribution is -2.47. The molecule has 1 heterocycles. The van der Waals surface area contributed by atoms with Crippen molar-refractivity contribution in [1.29, 1.82) is 0 Å². The van der Waals surface area contributed by atoms with Gasteiger partial charge in [-0.25, -0.2) is 0 Å². The Morgan fingerprint density at radius 3 is 2.41 bits per heavy atom. The topological polar surface area (TPSA) is 52.6 Å². The van der Waals surface area contributed by atoms with Crippen LogP contribution in [-0.2, 0) is 18.8 Å². The quantitative estimate of drug-likeness (QED) is 0.441. The molecule has 1 rings (SSSR count). The standard InChI is InChI=1S/C12H22O4Si/c1-12(2,3)17(4,5)16-10(8-13)9-6-7-11(14)15-9/h8-10H,6-7H2,1-5H3/t9-,10+/m0/s1. The van der Waals surface area contributed by atoms with Gasteiger partial charge in [0.2, 0.25) is 0 Å². The van der Waals surface area contributed by atoms with Gasteiger partial charge in [-0.1, -0.05) is 20.8 Å². The van der Waals surface area contributed by atoms with Gasteiger partial charge in [0.05, 0.1) is 0 Å². The van der Waals surface area contributed by atoms with Gasteiger partial charge < -0.3 is 14.0 Å². The van der Waals surface area contributed by atoms with Crippen molar-refractivity contribution in [2.75, 3.05) is 0 Å². The first kappa shape index (κ1) is 14.4. The number of carbonyl (C=O) groups is 2.